The third-order valence-electron chi connectivity index (χ3n) is 3.89. The Bertz CT molecular complexity index is 525. The van der Waals surface area contributed by atoms with Gasteiger partial charge in [0.2, 0.25) is 0 Å². The summed E-state index contributed by atoms with van der Waals surface area (Å²) in [5.41, 5.74) is 1.03. The van der Waals surface area contributed by atoms with E-state index >= 15 is 0 Å². The van der Waals surface area contributed by atoms with Gasteiger partial charge in [0, 0.05) is 18.6 Å². The van der Waals surface area contributed by atoms with Crippen LogP contribution in [0.4, 0.5) is 0 Å². The van der Waals surface area contributed by atoms with Gasteiger partial charge in [-0.25, -0.2) is 4.98 Å². The molecular weight excluding hydrogens is 240 g/mol. The van der Waals surface area contributed by atoms with Crippen LogP contribution in [0, 0.1) is 0 Å². The van der Waals surface area contributed by atoms with Crippen molar-refractivity contribution < 1.29 is 5.11 Å². The predicted molar refractivity (Wildman–Crippen MR) is 71.6 cm³/mol. The Morgan fingerprint density at radius 3 is 2.84 bits per heavy atom. The molecule has 3 rings (SSSR count). The first-order valence-corrected chi connectivity index (χ1v) is 7.02. The summed E-state index contributed by atoms with van der Waals surface area (Å²) >= 11 is 0. The van der Waals surface area contributed by atoms with Gasteiger partial charge in [-0.15, -0.1) is 0 Å². The maximum Gasteiger partial charge on any atom is 0.134 e. The summed E-state index contributed by atoms with van der Waals surface area (Å²) in [6.45, 7) is 0.645. The molecule has 2 aromatic heterocycles. The van der Waals surface area contributed by atoms with Gasteiger partial charge in [0.1, 0.15) is 12.4 Å². The first-order chi connectivity index (χ1) is 9.36. The average molecular weight is 260 g/mol. The summed E-state index contributed by atoms with van der Waals surface area (Å²) in [4.78, 5) is 4.11. The third kappa shape index (κ3) is 2.71. The van der Waals surface area contributed by atoms with E-state index in [0.29, 0.717) is 18.4 Å². The highest BCUT2D eigenvalue weighted by atomic mass is 16.3. The van der Waals surface area contributed by atoms with Gasteiger partial charge in [0.05, 0.1) is 18.3 Å². The second-order valence-corrected chi connectivity index (χ2v) is 5.21. The van der Waals surface area contributed by atoms with Gasteiger partial charge in [-0.1, -0.05) is 19.3 Å². The summed E-state index contributed by atoms with van der Waals surface area (Å²) in [6.07, 6.45) is 12.2. The van der Waals surface area contributed by atoms with Crippen molar-refractivity contribution in [2.75, 3.05) is 0 Å². The monoisotopic (exact) mass is 260 g/mol. The summed E-state index contributed by atoms with van der Waals surface area (Å²) in [5.74, 6) is 0.687. The minimum absolute atomic E-state index is 0.0314. The molecule has 5 heteroatoms. The van der Waals surface area contributed by atoms with Crippen molar-refractivity contribution in [2.45, 2.75) is 51.3 Å². The minimum Gasteiger partial charge on any atom is -0.388 e. The summed E-state index contributed by atoms with van der Waals surface area (Å²) in [6, 6.07) is 2.64. The number of imidazole rings is 1. The number of hydrogen-bond donors (Lipinski definition) is 1. The predicted octanol–water partition coefficient (Wildman–Crippen LogP) is 2.13. The number of aliphatic hydroxyl groups is 1. The topological polar surface area (TPSA) is 55.9 Å². The van der Waals surface area contributed by atoms with Gasteiger partial charge in [0.25, 0.3) is 0 Å². The van der Waals surface area contributed by atoms with Crippen molar-refractivity contribution in [2.24, 2.45) is 0 Å². The first kappa shape index (κ1) is 12.4. The van der Waals surface area contributed by atoms with Gasteiger partial charge in [-0.2, -0.15) is 5.10 Å². The standard InChI is InChI=1S/C14H20N4O/c19-11-14-15-7-9-17(14)10-12-6-8-18(16-12)13-4-2-1-3-5-13/h6-9,13,19H,1-5,10-11H2. The molecule has 0 atom stereocenters. The molecule has 0 radical (unpaired) electrons. The molecular formula is C14H20N4O. The number of aliphatic hydroxyl groups excluding tert-OH is 1. The summed E-state index contributed by atoms with van der Waals surface area (Å²) < 4.78 is 4.05. The molecule has 2 aromatic rings. The molecule has 1 fully saturated rings. The number of rotatable bonds is 4. The Kier molecular flexibility index (Phi) is 3.64. The van der Waals surface area contributed by atoms with Crippen LogP contribution in [0.15, 0.2) is 24.7 Å². The van der Waals surface area contributed by atoms with Crippen LogP contribution in [0.2, 0.25) is 0 Å². The molecule has 0 unspecified atom stereocenters. The zero-order valence-corrected chi connectivity index (χ0v) is 11.1. The number of aromatic nitrogens is 4. The molecule has 0 bridgehead atoms. The molecule has 1 aliphatic rings. The van der Waals surface area contributed by atoms with E-state index in [2.05, 4.69) is 27.0 Å². The molecule has 2 heterocycles. The second kappa shape index (κ2) is 5.57. The molecule has 5 nitrogen and oxygen atoms in total. The molecule has 102 valence electrons. The molecule has 0 amide bonds. The third-order valence-corrected chi connectivity index (χ3v) is 3.89. The van der Waals surface area contributed by atoms with E-state index in [-0.39, 0.29) is 6.61 Å². The fourth-order valence-corrected chi connectivity index (χ4v) is 2.82. The second-order valence-electron chi connectivity index (χ2n) is 5.21. The van der Waals surface area contributed by atoms with Crippen LogP contribution >= 0.6 is 0 Å². The highest BCUT2D eigenvalue weighted by Gasteiger charge is 2.16. The summed E-state index contributed by atoms with van der Waals surface area (Å²) in [7, 11) is 0. The highest BCUT2D eigenvalue weighted by Crippen LogP contribution is 2.27. The lowest BCUT2D eigenvalue weighted by atomic mass is 9.96. The van der Waals surface area contributed by atoms with Crippen molar-refractivity contribution in [3.05, 3.63) is 36.2 Å². The number of nitrogens with zero attached hydrogens (tertiary/aromatic N) is 4. The van der Waals surface area contributed by atoms with E-state index in [1.54, 1.807) is 6.20 Å². The minimum atomic E-state index is -0.0314. The van der Waals surface area contributed by atoms with Gasteiger partial charge < -0.3 is 9.67 Å². The van der Waals surface area contributed by atoms with Crippen molar-refractivity contribution in [1.29, 1.82) is 0 Å². The Hall–Kier alpha value is -1.62. The van der Waals surface area contributed by atoms with Crippen LogP contribution in [0.5, 0.6) is 0 Å². The quantitative estimate of drug-likeness (QED) is 0.916. The van der Waals surface area contributed by atoms with Crippen LogP contribution in [-0.2, 0) is 13.2 Å². The van der Waals surface area contributed by atoms with E-state index in [0.717, 1.165) is 5.69 Å². The van der Waals surface area contributed by atoms with Crippen molar-refractivity contribution in [3.63, 3.8) is 0 Å². The fourth-order valence-electron chi connectivity index (χ4n) is 2.82. The Labute approximate surface area is 112 Å². The maximum atomic E-state index is 9.19. The van der Waals surface area contributed by atoms with Crippen molar-refractivity contribution >= 4 is 0 Å². The van der Waals surface area contributed by atoms with E-state index in [9.17, 15) is 5.11 Å². The van der Waals surface area contributed by atoms with E-state index in [1.807, 2.05) is 10.8 Å². The lowest BCUT2D eigenvalue weighted by molar-refractivity contribution is 0.266. The van der Waals surface area contributed by atoms with Crippen LogP contribution < -0.4 is 0 Å². The first-order valence-electron chi connectivity index (χ1n) is 7.02. The average Bonchev–Trinajstić information content (AvgIpc) is 3.09. The lowest BCUT2D eigenvalue weighted by Gasteiger charge is -2.21. The largest absolute Gasteiger partial charge is 0.388 e. The smallest absolute Gasteiger partial charge is 0.134 e. The number of hydrogen-bond acceptors (Lipinski definition) is 3. The van der Waals surface area contributed by atoms with Gasteiger partial charge in [0.15, 0.2) is 0 Å². The van der Waals surface area contributed by atoms with Crippen molar-refractivity contribution in [3.8, 4) is 0 Å². The maximum absolute atomic E-state index is 9.19. The summed E-state index contributed by atoms with van der Waals surface area (Å²) in [5, 5.41) is 13.9. The molecule has 1 saturated carbocycles. The molecule has 19 heavy (non-hydrogen) atoms. The normalized spacial score (nSPS) is 16.9. The van der Waals surface area contributed by atoms with Crippen LogP contribution in [0.25, 0.3) is 0 Å². The fraction of sp³-hybridized carbons (Fsp3) is 0.571. The van der Waals surface area contributed by atoms with Crippen LogP contribution in [-0.4, -0.2) is 24.4 Å². The molecule has 0 aliphatic heterocycles. The molecule has 0 spiro atoms. The molecule has 0 saturated heterocycles. The zero-order valence-electron chi connectivity index (χ0n) is 11.1. The molecule has 1 aliphatic carbocycles. The molecule has 0 aromatic carbocycles. The highest BCUT2D eigenvalue weighted by molar-refractivity contribution is 5.03. The van der Waals surface area contributed by atoms with E-state index in [4.69, 9.17) is 0 Å². The molecule has 1 N–H and O–H groups in total. The Morgan fingerprint density at radius 2 is 2.05 bits per heavy atom. The Morgan fingerprint density at radius 1 is 1.21 bits per heavy atom. The van der Waals surface area contributed by atoms with Crippen LogP contribution in [0.1, 0.15) is 49.7 Å². The van der Waals surface area contributed by atoms with Gasteiger partial charge in [-0.3, -0.25) is 4.68 Å². The van der Waals surface area contributed by atoms with Crippen molar-refractivity contribution in [1.82, 2.24) is 19.3 Å². The lowest BCUT2D eigenvalue weighted by Crippen LogP contribution is -2.14. The Balaban J connectivity index is 1.70. The van der Waals surface area contributed by atoms with Crippen LogP contribution in [0.3, 0.4) is 0 Å². The van der Waals surface area contributed by atoms with Gasteiger partial charge >= 0.3 is 0 Å². The van der Waals surface area contributed by atoms with E-state index < -0.39 is 0 Å². The van der Waals surface area contributed by atoms with E-state index in [1.165, 1.54) is 32.1 Å². The van der Waals surface area contributed by atoms with Gasteiger partial charge in [-0.05, 0) is 18.9 Å². The SMILES string of the molecule is OCc1nccn1Cc1ccn(C2CCCCC2)n1. The zero-order chi connectivity index (χ0) is 13.1.